The number of alkyl carbamates (subject to hydrolysis) is 1. The van der Waals surface area contributed by atoms with Gasteiger partial charge in [-0.3, -0.25) is 5.41 Å². The second-order valence-corrected chi connectivity index (χ2v) is 5.65. The first-order chi connectivity index (χ1) is 7.78. The molecule has 4 N–H and O–H groups in total. The molecule has 0 aliphatic heterocycles. The first-order valence-corrected chi connectivity index (χ1v) is 6.11. The molecule has 5 nitrogen and oxygen atoms in total. The first kappa shape index (κ1) is 13.8. The molecule has 1 aliphatic rings. The first-order valence-electron chi connectivity index (χ1n) is 6.11. The van der Waals surface area contributed by atoms with Crippen molar-refractivity contribution in [3.05, 3.63) is 0 Å². The van der Waals surface area contributed by atoms with E-state index in [1.165, 1.54) is 0 Å². The van der Waals surface area contributed by atoms with Gasteiger partial charge in [0.2, 0.25) is 0 Å². The number of hydrogen-bond donors (Lipinski definition) is 3. The maximum atomic E-state index is 11.5. The molecule has 0 unspecified atom stereocenters. The summed E-state index contributed by atoms with van der Waals surface area (Å²) >= 11 is 0. The van der Waals surface area contributed by atoms with E-state index in [9.17, 15) is 4.79 Å². The van der Waals surface area contributed by atoms with E-state index in [-0.39, 0.29) is 23.9 Å². The van der Waals surface area contributed by atoms with Crippen LogP contribution in [0.2, 0.25) is 0 Å². The lowest BCUT2D eigenvalue weighted by Crippen LogP contribution is -2.42. The van der Waals surface area contributed by atoms with Crippen LogP contribution in [0.3, 0.4) is 0 Å². The minimum atomic E-state index is -0.458. The predicted molar refractivity (Wildman–Crippen MR) is 67.0 cm³/mol. The van der Waals surface area contributed by atoms with Crippen molar-refractivity contribution in [3.63, 3.8) is 0 Å². The molecule has 1 aliphatic carbocycles. The fraction of sp³-hybridized carbons (Fsp3) is 0.833. The van der Waals surface area contributed by atoms with Crippen molar-refractivity contribution in [3.8, 4) is 0 Å². The summed E-state index contributed by atoms with van der Waals surface area (Å²) in [5, 5.41) is 10.2. The van der Waals surface area contributed by atoms with Crippen LogP contribution in [-0.4, -0.2) is 23.6 Å². The van der Waals surface area contributed by atoms with E-state index < -0.39 is 5.60 Å². The van der Waals surface area contributed by atoms with Crippen molar-refractivity contribution >= 4 is 11.9 Å². The number of carbonyl (C=O) groups is 1. The van der Waals surface area contributed by atoms with E-state index in [0.29, 0.717) is 0 Å². The fourth-order valence-electron chi connectivity index (χ4n) is 2.02. The Labute approximate surface area is 103 Å². The largest absolute Gasteiger partial charge is 0.444 e. The Morgan fingerprint density at radius 1 is 1.29 bits per heavy atom. The summed E-state index contributed by atoms with van der Waals surface area (Å²) in [6, 6.07) is 0.153. The number of hydrogen-bond acceptors (Lipinski definition) is 3. The quantitative estimate of drug-likeness (QED) is 0.510. The summed E-state index contributed by atoms with van der Waals surface area (Å²) in [6.45, 7) is 5.54. The number of rotatable bonds is 2. The summed E-state index contributed by atoms with van der Waals surface area (Å²) in [6.07, 6.45) is 3.11. The summed E-state index contributed by atoms with van der Waals surface area (Å²) in [5.74, 6) is 0.451. The molecule has 0 aromatic heterocycles. The van der Waals surface area contributed by atoms with Gasteiger partial charge < -0.3 is 15.8 Å². The number of nitrogens with one attached hydrogen (secondary N) is 2. The molecule has 0 heterocycles. The van der Waals surface area contributed by atoms with E-state index in [1.54, 1.807) is 0 Å². The number of amidine groups is 1. The molecule has 5 heteroatoms. The van der Waals surface area contributed by atoms with Gasteiger partial charge in [-0.1, -0.05) is 0 Å². The molecule has 1 fully saturated rings. The van der Waals surface area contributed by atoms with Gasteiger partial charge in [0, 0.05) is 12.0 Å². The van der Waals surface area contributed by atoms with Crippen LogP contribution in [0.15, 0.2) is 0 Å². The maximum Gasteiger partial charge on any atom is 0.407 e. The molecule has 98 valence electrons. The Balaban J connectivity index is 2.31. The van der Waals surface area contributed by atoms with E-state index in [1.807, 2.05) is 20.8 Å². The number of amides is 1. The molecule has 0 bridgehead atoms. The minimum Gasteiger partial charge on any atom is -0.444 e. The van der Waals surface area contributed by atoms with Gasteiger partial charge in [0.05, 0.1) is 5.84 Å². The van der Waals surface area contributed by atoms with E-state index in [0.717, 1.165) is 25.7 Å². The third-order valence-corrected chi connectivity index (χ3v) is 2.89. The number of nitrogens with two attached hydrogens (primary N) is 1. The Morgan fingerprint density at radius 2 is 1.82 bits per heavy atom. The molecule has 0 aromatic carbocycles. The zero-order valence-electron chi connectivity index (χ0n) is 10.9. The number of ether oxygens (including phenoxy) is 1. The SMILES string of the molecule is CC(C)(C)OC(=O)NC1CCC(C(=N)N)CC1. The third-order valence-electron chi connectivity index (χ3n) is 2.89. The van der Waals surface area contributed by atoms with E-state index in [2.05, 4.69) is 5.32 Å². The van der Waals surface area contributed by atoms with Crippen molar-refractivity contribution in [2.75, 3.05) is 0 Å². The van der Waals surface area contributed by atoms with Crippen LogP contribution in [0.25, 0.3) is 0 Å². The Hall–Kier alpha value is -1.26. The van der Waals surface area contributed by atoms with Gasteiger partial charge in [0.1, 0.15) is 5.60 Å². The molecule has 1 amide bonds. The lowest BCUT2D eigenvalue weighted by atomic mass is 9.85. The molecule has 1 rings (SSSR count). The van der Waals surface area contributed by atoms with Crippen LogP contribution in [0, 0.1) is 11.3 Å². The molecule has 1 saturated carbocycles. The van der Waals surface area contributed by atoms with Crippen molar-refractivity contribution in [1.82, 2.24) is 5.32 Å². The molecule has 0 saturated heterocycles. The molecule has 0 spiro atoms. The summed E-state index contributed by atoms with van der Waals surface area (Å²) in [4.78, 5) is 11.5. The zero-order chi connectivity index (χ0) is 13.1. The third kappa shape index (κ3) is 5.06. The number of carbonyl (C=O) groups excluding carboxylic acids is 1. The maximum absolute atomic E-state index is 11.5. The molecule has 0 radical (unpaired) electrons. The van der Waals surface area contributed by atoms with Crippen LogP contribution >= 0.6 is 0 Å². The highest BCUT2D eigenvalue weighted by Crippen LogP contribution is 2.24. The van der Waals surface area contributed by atoms with Crippen LogP contribution in [0.4, 0.5) is 4.79 Å². The topological polar surface area (TPSA) is 88.2 Å². The Kier molecular flexibility index (Phi) is 4.37. The van der Waals surface area contributed by atoms with Gasteiger partial charge in [-0.05, 0) is 46.5 Å². The zero-order valence-corrected chi connectivity index (χ0v) is 10.9. The van der Waals surface area contributed by atoms with Gasteiger partial charge in [-0.15, -0.1) is 0 Å². The van der Waals surface area contributed by atoms with E-state index >= 15 is 0 Å². The lowest BCUT2D eigenvalue weighted by Gasteiger charge is -2.29. The average molecular weight is 241 g/mol. The molecule has 0 aromatic rings. The predicted octanol–water partition coefficient (Wildman–Crippen LogP) is 2.01. The highest BCUT2D eigenvalue weighted by Gasteiger charge is 2.25. The molecular weight excluding hydrogens is 218 g/mol. The smallest absolute Gasteiger partial charge is 0.407 e. The lowest BCUT2D eigenvalue weighted by molar-refractivity contribution is 0.0491. The molecule has 17 heavy (non-hydrogen) atoms. The minimum absolute atomic E-state index is 0.153. The molecule has 0 atom stereocenters. The highest BCUT2D eigenvalue weighted by molar-refractivity contribution is 5.79. The van der Waals surface area contributed by atoms with Crippen molar-refractivity contribution in [2.24, 2.45) is 11.7 Å². The van der Waals surface area contributed by atoms with Crippen LogP contribution in [0.5, 0.6) is 0 Å². The standard InChI is InChI=1S/C12H23N3O2/c1-12(2,3)17-11(16)15-9-6-4-8(5-7-9)10(13)14/h8-9H,4-7H2,1-3H3,(H3,13,14)(H,15,16). The van der Waals surface area contributed by atoms with Crippen LogP contribution < -0.4 is 11.1 Å². The van der Waals surface area contributed by atoms with Crippen molar-refractivity contribution in [1.29, 1.82) is 5.41 Å². The summed E-state index contributed by atoms with van der Waals surface area (Å²) < 4.78 is 5.20. The van der Waals surface area contributed by atoms with Crippen LogP contribution in [-0.2, 0) is 4.74 Å². The van der Waals surface area contributed by atoms with Gasteiger partial charge in [0.25, 0.3) is 0 Å². The fourth-order valence-corrected chi connectivity index (χ4v) is 2.02. The van der Waals surface area contributed by atoms with Gasteiger partial charge in [0.15, 0.2) is 0 Å². The van der Waals surface area contributed by atoms with Gasteiger partial charge in [-0.25, -0.2) is 4.79 Å². The monoisotopic (exact) mass is 241 g/mol. The average Bonchev–Trinajstić information content (AvgIpc) is 2.15. The molecular formula is C12H23N3O2. The Bertz CT molecular complexity index is 289. The van der Waals surface area contributed by atoms with Crippen LogP contribution in [0.1, 0.15) is 46.5 Å². The second kappa shape index (κ2) is 5.38. The van der Waals surface area contributed by atoms with Crippen molar-refractivity contribution < 1.29 is 9.53 Å². The van der Waals surface area contributed by atoms with E-state index in [4.69, 9.17) is 15.9 Å². The Morgan fingerprint density at radius 3 is 2.24 bits per heavy atom. The normalized spacial score (nSPS) is 25.1. The highest BCUT2D eigenvalue weighted by atomic mass is 16.6. The van der Waals surface area contributed by atoms with Crippen molar-refractivity contribution in [2.45, 2.75) is 58.1 Å². The second-order valence-electron chi connectivity index (χ2n) is 5.65. The summed E-state index contributed by atoms with van der Waals surface area (Å²) in [7, 11) is 0. The van der Waals surface area contributed by atoms with Gasteiger partial charge >= 0.3 is 6.09 Å². The summed E-state index contributed by atoms with van der Waals surface area (Å²) in [5.41, 5.74) is 5.01. The van der Waals surface area contributed by atoms with Gasteiger partial charge in [-0.2, -0.15) is 0 Å².